The highest BCUT2D eigenvalue weighted by molar-refractivity contribution is 7.08. The predicted octanol–water partition coefficient (Wildman–Crippen LogP) is 1.49. The van der Waals surface area contributed by atoms with Gasteiger partial charge in [0.15, 0.2) is 0 Å². The number of thiophene rings is 1. The molecule has 1 saturated heterocycles. The molecule has 122 valence electrons. The summed E-state index contributed by atoms with van der Waals surface area (Å²) >= 11 is 1.49. The first-order valence-corrected chi connectivity index (χ1v) is 8.43. The van der Waals surface area contributed by atoms with Crippen LogP contribution in [0.2, 0.25) is 0 Å². The maximum absolute atomic E-state index is 12.2. The third kappa shape index (κ3) is 3.62. The van der Waals surface area contributed by atoms with Crippen molar-refractivity contribution in [2.45, 2.75) is 25.3 Å². The van der Waals surface area contributed by atoms with Gasteiger partial charge in [-0.3, -0.25) is 9.59 Å². The molecule has 1 aliphatic carbocycles. The third-order valence-electron chi connectivity index (χ3n) is 4.67. The lowest BCUT2D eigenvalue weighted by Crippen LogP contribution is -2.35. The van der Waals surface area contributed by atoms with Crippen LogP contribution in [0.5, 0.6) is 0 Å². The van der Waals surface area contributed by atoms with E-state index in [4.69, 9.17) is 5.73 Å². The number of rotatable bonds is 4. The van der Waals surface area contributed by atoms with Crippen LogP contribution in [0.15, 0.2) is 16.8 Å². The van der Waals surface area contributed by atoms with Crippen LogP contribution in [0.25, 0.3) is 0 Å². The number of fused-ring (bicyclic) bond motifs is 1. The Bertz CT molecular complexity index is 523. The summed E-state index contributed by atoms with van der Waals surface area (Å²) in [6.07, 6.45) is 2.60. The zero-order chi connectivity index (χ0) is 14.8. The highest BCUT2D eigenvalue weighted by Gasteiger charge is 2.42. The molecule has 2 aliphatic rings. The molecule has 0 radical (unpaired) electrons. The lowest BCUT2D eigenvalue weighted by molar-refractivity contribution is -0.130. The van der Waals surface area contributed by atoms with Gasteiger partial charge in [-0.05, 0) is 36.1 Å². The average Bonchev–Trinajstić information content (AvgIpc) is 3.17. The number of hydrogen-bond acceptors (Lipinski definition) is 4. The van der Waals surface area contributed by atoms with E-state index in [1.54, 1.807) is 11.4 Å². The minimum Gasteiger partial charge on any atom is -0.351 e. The normalized spacial score (nSPS) is 26.4. The Morgan fingerprint density at radius 3 is 2.86 bits per heavy atom. The fourth-order valence-corrected chi connectivity index (χ4v) is 4.08. The fourth-order valence-electron chi connectivity index (χ4n) is 3.45. The summed E-state index contributed by atoms with van der Waals surface area (Å²) in [5.41, 5.74) is 6.74. The second-order valence-electron chi connectivity index (χ2n) is 5.98. The van der Waals surface area contributed by atoms with Gasteiger partial charge >= 0.3 is 0 Å². The number of halogens is 1. The van der Waals surface area contributed by atoms with Crippen molar-refractivity contribution in [3.8, 4) is 0 Å². The Balaban J connectivity index is 0.00000176. The molecule has 0 spiro atoms. The molecule has 5 nitrogen and oxygen atoms in total. The molecule has 1 saturated carbocycles. The Kier molecular flexibility index (Phi) is 5.83. The van der Waals surface area contributed by atoms with Crippen LogP contribution in [0.1, 0.15) is 29.6 Å². The standard InChI is InChI=1S/C15H21N3O2S.ClH/c16-13-2-1-10-7-18(8-12(10)13)14(19)3-5-17-15(20)11-4-6-21-9-11;/h4,6,9-10,12-13H,1-3,5,7-8,16H2,(H,17,20);1H. The minimum absolute atomic E-state index is 0. The molecular weight excluding hydrogens is 322 g/mol. The second kappa shape index (κ2) is 7.44. The molecule has 3 atom stereocenters. The lowest BCUT2D eigenvalue weighted by Gasteiger charge is -2.18. The summed E-state index contributed by atoms with van der Waals surface area (Å²) < 4.78 is 0. The van der Waals surface area contributed by atoms with Gasteiger partial charge in [0.25, 0.3) is 5.91 Å². The number of nitrogens with one attached hydrogen (secondary N) is 1. The Hall–Kier alpha value is -1.11. The number of hydrogen-bond donors (Lipinski definition) is 2. The van der Waals surface area contributed by atoms with Crippen LogP contribution >= 0.6 is 23.7 Å². The van der Waals surface area contributed by atoms with E-state index in [9.17, 15) is 9.59 Å². The van der Waals surface area contributed by atoms with Gasteiger partial charge in [0.05, 0.1) is 0 Å². The SMILES string of the molecule is Cl.NC1CCC2CN(C(=O)CCNC(=O)c3ccsc3)CC12. The summed E-state index contributed by atoms with van der Waals surface area (Å²) in [5.74, 6) is 1.09. The summed E-state index contributed by atoms with van der Waals surface area (Å²) in [7, 11) is 0. The first-order chi connectivity index (χ1) is 10.1. The van der Waals surface area contributed by atoms with E-state index in [0.717, 1.165) is 25.9 Å². The van der Waals surface area contributed by atoms with Crippen molar-refractivity contribution in [1.29, 1.82) is 0 Å². The number of likely N-dealkylation sites (tertiary alicyclic amines) is 1. The first kappa shape index (κ1) is 17.2. The highest BCUT2D eigenvalue weighted by atomic mass is 35.5. The zero-order valence-corrected chi connectivity index (χ0v) is 14.0. The maximum Gasteiger partial charge on any atom is 0.252 e. The van der Waals surface area contributed by atoms with Gasteiger partial charge in [-0.25, -0.2) is 0 Å². The predicted molar refractivity (Wildman–Crippen MR) is 89.3 cm³/mol. The molecule has 7 heteroatoms. The van der Waals surface area contributed by atoms with E-state index >= 15 is 0 Å². The molecule has 3 unspecified atom stereocenters. The molecule has 2 fully saturated rings. The van der Waals surface area contributed by atoms with E-state index in [2.05, 4.69) is 5.32 Å². The van der Waals surface area contributed by atoms with E-state index in [1.165, 1.54) is 11.3 Å². The van der Waals surface area contributed by atoms with Crippen LogP contribution in [-0.2, 0) is 4.79 Å². The van der Waals surface area contributed by atoms with Crippen LogP contribution in [0.4, 0.5) is 0 Å². The van der Waals surface area contributed by atoms with Crippen LogP contribution in [-0.4, -0.2) is 42.4 Å². The molecule has 0 aromatic carbocycles. The van der Waals surface area contributed by atoms with E-state index in [1.807, 2.05) is 10.3 Å². The average molecular weight is 344 g/mol. The zero-order valence-electron chi connectivity index (χ0n) is 12.4. The molecule has 0 bridgehead atoms. The number of nitrogens with two attached hydrogens (primary N) is 1. The summed E-state index contributed by atoms with van der Waals surface area (Å²) in [5, 5.41) is 6.47. The van der Waals surface area contributed by atoms with Crippen LogP contribution in [0, 0.1) is 11.8 Å². The van der Waals surface area contributed by atoms with Crippen molar-refractivity contribution in [2.24, 2.45) is 17.6 Å². The van der Waals surface area contributed by atoms with E-state index < -0.39 is 0 Å². The van der Waals surface area contributed by atoms with E-state index in [-0.39, 0.29) is 30.3 Å². The van der Waals surface area contributed by atoms with Gasteiger partial charge in [0.1, 0.15) is 0 Å². The quantitative estimate of drug-likeness (QED) is 0.869. The molecule has 1 aromatic heterocycles. The van der Waals surface area contributed by atoms with Gasteiger partial charge in [-0.2, -0.15) is 11.3 Å². The van der Waals surface area contributed by atoms with Crippen molar-refractivity contribution in [3.63, 3.8) is 0 Å². The fraction of sp³-hybridized carbons (Fsp3) is 0.600. The van der Waals surface area contributed by atoms with Crippen molar-refractivity contribution in [3.05, 3.63) is 22.4 Å². The number of carbonyl (C=O) groups excluding carboxylic acids is 2. The maximum atomic E-state index is 12.2. The van der Waals surface area contributed by atoms with Gasteiger partial charge in [0, 0.05) is 43.0 Å². The number of nitrogens with zero attached hydrogens (tertiary/aromatic N) is 1. The molecule has 22 heavy (non-hydrogen) atoms. The van der Waals surface area contributed by atoms with Gasteiger partial charge in [-0.15, -0.1) is 12.4 Å². The number of carbonyl (C=O) groups is 2. The van der Waals surface area contributed by atoms with Crippen LogP contribution in [0.3, 0.4) is 0 Å². The molecule has 1 aliphatic heterocycles. The highest BCUT2D eigenvalue weighted by Crippen LogP contribution is 2.37. The number of amides is 2. The minimum atomic E-state index is -0.107. The Morgan fingerprint density at radius 1 is 1.36 bits per heavy atom. The largest absolute Gasteiger partial charge is 0.351 e. The topological polar surface area (TPSA) is 75.4 Å². The Morgan fingerprint density at radius 2 is 2.18 bits per heavy atom. The molecule has 2 amide bonds. The van der Waals surface area contributed by atoms with Crippen molar-refractivity contribution in [2.75, 3.05) is 19.6 Å². The lowest BCUT2D eigenvalue weighted by atomic mass is 9.98. The van der Waals surface area contributed by atoms with Gasteiger partial charge < -0.3 is 16.0 Å². The molecule has 3 N–H and O–H groups in total. The molecule has 2 heterocycles. The molecule has 1 aromatic rings. The Labute approximate surface area is 140 Å². The van der Waals surface area contributed by atoms with Crippen molar-refractivity contribution >= 4 is 35.6 Å². The third-order valence-corrected chi connectivity index (χ3v) is 5.36. The van der Waals surface area contributed by atoms with Crippen LogP contribution < -0.4 is 11.1 Å². The van der Waals surface area contributed by atoms with Gasteiger partial charge in [0.2, 0.25) is 5.91 Å². The van der Waals surface area contributed by atoms with Gasteiger partial charge in [-0.1, -0.05) is 0 Å². The summed E-state index contributed by atoms with van der Waals surface area (Å²) in [6.45, 7) is 2.03. The van der Waals surface area contributed by atoms with Crippen molar-refractivity contribution < 1.29 is 9.59 Å². The van der Waals surface area contributed by atoms with E-state index in [0.29, 0.717) is 30.4 Å². The molecular formula is C15H22ClN3O2S. The monoisotopic (exact) mass is 343 g/mol. The summed E-state index contributed by atoms with van der Waals surface area (Å²) in [6, 6.07) is 2.04. The van der Waals surface area contributed by atoms with Crippen molar-refractivity contribution in [1.82, 2.24) is 10.2 Å². The summed E-state index contributed by atoms with van der Waals surface area (Å²) in [4.78, 5) is 25.9. The smallest absolute Gasteiger partial charge is 0.252 e. The second-order valence-corrected chi connectivity index (χ2v) is 6.76. The molecule has 3 rings (SSSR count). The first-order valence-electron chi connectivity index (χ1n) is 7.49.